The fourth-order valence-electron chi connectivity index (χ4n) is 3.77. The highest BCUT2D eigenvalue weighted by molar-refractivity contribution is 6.18. The summed E-state index contributed by atoms with van der Waals surface area (Å²) in [5, 5.41) is 8.98. The molecule has 0 unspecified atom stereocenters. The lowest BCUT2D eigenvalue weighted by molar-refractivity contribution is -0.145. The lowest BCUT2D eigenvalue weighted by atomic mass is 10.1. The minimum atomic E-state index is -1.04. The van der Waals surface area contributed by atoms with Crippen LogP contribution in [0.25, 0.3) is 0 Å². The molecule has 2 aromatic rings. The third kappa shape index (κ3) is 10.6. The molecular formula is C26H35Cl3N4O4. The van der Waals surface area contributed by atoms with Gasteiger partial charge in [-0.05, 0) is 48.2 Å². The number of nitrogens with zero attached hydrogens (tertiary/aromatic N) is 2. The van der Waals surface area contributed by atoms with Gasteiger partial charge in [-0.15, -0.1) is 34.8 Å². The van der Waals surface area contributed by atoms with E-state index < -0.39 is 24.0 Å². The van der Waals surface area contributed by atoms with Crippen LogP contribution >= 0.6 is 34.8 Å². The van der Waals surface area contributed by atoms with Gasteiger partial charge in [-0.3, -0.25) is 9.59 Å². The number of aliphatic carboxylic acids is 1. The van der Waals surface area contributed by atoms with E-state index in [1.165, 1.54) is 0 Å². The first-order chi connectivity index (χ1) is 17.8. The number of hydrogen-bond acceptors (Lipinski definition) is 7. The molecule has 0 amide bonds. The Labute approximate surface area is 233 Å². The number of rotatable bonds is 17. The molecule has 0 aromatic heterocycles. The number of nitrogens with two attached hydrogens (primary N) is 2. The zero-order chi connectivity index (χ0) is 27.2. The van der Waals surface area contributed by atoms with Gasteiger partial charge >= 0.3 is 11.9 Å². The first-order valence-corrected chi connectivity index (χ1v) is 13.7. The van der Waals surface area contributed by atoms with Crippen LogP contribution in [0.2, 0.25) is 0 Å². The Balaban J connectivity index is 1.86. The maximum Gasteiger partial charge on any atom is 0.323 e. The predicted molar refractivity (Wildman–Crippen MR) is 151 cm³/mol. The SMILES string of the molecule is N[C@@H](Cc1ccc(N(CCCl)CCOC(=O)[C@@H](N)Cc2ccc(N(CCCl)CCCl)cc2)cc1)C(=O)O. The van der Waals surface area contributed by atoms with Gasteiger partial charge in [0.2, 0.25) is 0 Å². The van der Waals surface area contributed by atoms with E-state index in [4.69, 9.17) is 56.1 Å². The van der Waals surface area contributed by atoms with Crippen molar-refractivity contribution >= 4 is 58.1 Å². The van der Waals surface area contributed by atoms with Gasteiger partial charge in [-0.1, -0.05) is 24.3 Å². The van der Waals surface area contributed by atoms with Crippen molar-refractivity contribution in [2.45, 2.75) is 24.9 Å². The third-order valence-electron chi connectivity index (χ3n) is 5.80. The summed E-state index contributed by atoms with van der Waals surface area (Å²) in [6.45, 7) is 2.53. The van der Waals surface area contributed by atoms with Gasteiger partial charge in [0.15, 0.2) is 0 Å². The van der Waals surface area contributed by atoms with E-state index in [-0.39, 0.29) is 13.0 Å². The van der Waals surface area contributed by atoms with Crippen LogP contribution in [0.3, 0.4) is 0 Å². The van der Waals surface area contributed by atoms with E-state index in [2.05, 4.69) is 4.90 Å². The molecule has 0 fully saturated rings. The second kappa shape index (κ2) is 16.6. The smallest absolute Gasteiger partial charge is 0.323 e. The van der Waals surface area contributed by atoms with E-state index in [0.29, 0.717) is 50.2 Å². The Bertz CT molecular complexity index is 957. The Morgan fingerprint density at radius 3 is 1.54 bits per heavy atom. The number of anilines is 2. The van der Waals surface area contributed by atoms with Crippen LogP contribution in [-0.4, -0.2) is 79.6 Å². The monoisotopic (exact) mass is 572 g/mol. The molecule has 0 saturated carbocycles. The molecule has 0 heterocycles. The minimum absolute atomic E-state index is 0.153. The van der Waals surface area contributed by atoms with E-state index in [9.17, 15) is 9.59 Å². The Kier molecular flexibility index (Phi) is 13.9. The average Bonchev–Trinajstić information content (AvgIpc) is 2.89. The molecule has 5 N–H and O–H groups in total. The summed E-state index contributed by atoms with van der Waals surface area (Å²) < 4.78 is 5.43. The highest BCUT2D eigenvalue weighted by Gasteiger charge is 2.17. The summed E-state index contributed by atoms with van der Waals surface area (Å²) in [5.74, 6) is -0.114. The number of alkyl halides is 3. The van der Waals surface area contributed by atoms with Gasteiger partial charge in [-0.25, -0.2) is 0 Å². The molecule has 0 saturated heterocycles. The molecule has 8 nitrogen and oxygen atoms in total. The summed E-state index contributed by atoms with van der Waals surface area (Å²) in [6.07, 6.45) is 0.595. The van der Waals surface area contributed by atoms with Crippen molar-refractivity contribution in [3.8, 4) is 0 Å². The average molecular weight is 574 g/mol. The second-order valence-corrected chi connectivity index (χ2v) is 9.63. The first-order valence-electron chi connectivity index (χ1n) is 12.0. The molecule has 0 aliphatic rings. The molecule has 204 valence electrons. The number of carboxylic acids is 1. The molecule has 0 spiro atoms. The minimum Gasteiger partial charge on any atom is -0.480 e. The van der Waals surface area contributed by atoms with E-state index >= 15 is 0 Å². The van der Waals surface area contributed by atoms with E-state index in [1.54, 1.807) is 0 Å². The van der Waals surface area contributed by atoms with E-state index in [0.717, 1.165) is 22.5 Å². The van der Waals surface area contributed by atoms with Crippen molar-refractivity contribution < 1.29 is 19.4 Å². The largest absolute Gasteiger partial charge is 0.480 e. The number of carbonyl (C=O) groups excluding carboxylic acids is 1. The van der Waals surface area contributed by atoms with Crippen molar-refractivity contribution in [3.63, 3.8) is 0 Å². The molecule has 0 radical (unpaired) electrons. The quantitative estimate of drug-likeness (QED) is 0.195. The summed E-state index contributed by atoms with van der Waals surface area (Å²) >= 11 is 17.7. The normalized spacial score (nSPS) is 12.6. The highest BCUT2D eigenvalue weighted by Crippen LogP contribution is 2.18. The Morgan fingerprint density at radius 1 is 0.730 bits per heavy atom. The number of ether oxygens (including phenoxy) is 1. The molecule has 0 bridgehead atoms. The molecule has 0 aliphatic heterocycles. The lowest BCUT2D eigenvalue weighted by Gasteiger charge is -2.24. The van der Waals surface area contributed by atoms with Crippen LogP contribution < -0.4 is 21.3 Å². The summed E-state index contributed by atoms with van der Waals surface area (Å²) in [7, 11) is 0. The maximum absolute atomic E-state index is 12.5. The van der Waals surface area contributed by atoms with Crippen molar-refractivity contribution in [2.24, 2.45) is 11.5 Å². The van der Waals surface area contributed by atoms with Gasteiger partial charge in [0.1, 0.15) is 18.7 Å². The van der Waals surface area contributed by atoms with Crippen molar-refractivity contribution in [2.75, 3.05) is 60.2 Å². The second-order valence-electron chi connectivity index (χ2n) is 8.50. The number of hydrogen-bond donors (Lipinski definition) is 3. The van der Waals surface area contributed by atoms with Gasteiger partial charge in [0.05, 0.1) is 6.54 Å². The molecule has 11 heteroatoms. The topological polar surface area (TPSA) is 122 Å². The third-order valence-corrected chi connectivity index (χ3v) is 6.31. The van der Waals surface area contributed by atoms with Crippen LogP contribution in [0.1, 0.15) is 11.1 Å². The van der Waals surface area contributed by atoms with E-state index in [1.807, 2.05) is 53.4 Å². The number of esters is 1. The van der Waals surface area contributed by atoms with Crippen LogP contribution in [0.15, 0.2) is 48.5 Å². The van der Waals surface area contributed by atoms with Crippen LogP contribution in [0.5, 0.6) is 0 Å². The Morgan fingerprint density at radius 2 is 1.14 bits per heavy atom. The molecule has 2 atom stereocenters. The summed E-state index contributed by atoms with van der Waals surface area (Å²) in [6, 6.07) is 13.5. The predicted octanol–water partition coefficient (Wildman–Crippen LogP) is 3.08. The van der Waals surface area contributed by atoms with Crippen molar-refractivity contribution in [3.05, 3.63) is 59.7 Å². The molecule has 2 rings (SSSR count). The van der Waals surface area contributed by atoms with Crippen LogP contribution in [-0.2, 0) is 27.2 Å². The van der Waals surface area contributed by atoms with Gasteiger partial charge in [0.25, 0.3) is 0 Å². The van der Waals surface area contributed by atoms with Crippen LogP contribution in [0, 0.1) is 0 Å². The fourth-order valence-corrected chi connectivity index (χ4v) is 4.39. The van der Waals surface area contributed by atoms with Gasteiger partial charge in [0, 0.05) is 48.6 Å². The van der Waals surface area contributed by atoms with Gasteiger partial charge < -0.3 is 31.1 Å². The zero-order valence-electron chi connectivity index (χ0n) is 20.7. The number of carbonyl (C=O) groups is 2. The van der Waals surface area contributed by atoms with Gasteiger partial charge in [-0.2, -0.15) is 0 Å². The highest BCUT2D eigenvalue weighted by atomic mass is 35.5. The lowest BCUT2D eigenvalue weighted by Crippen LogP contribution is -2.37. The van der Waals surface area contributed by atoms with Crippen molar-refractivity contribution in [1.29, 1.82) is 0 Å². The number of benzene rings is 2. The summed E-state index contributed by atoms with van der Waals surface area (Å²) in [5.41, 5.74) is 15.3. The zero-order valence-corrected chi connectivity index (χ0v) is 23.0. The van der Waals surface area contributed by atoms with Crippen LogP contribution in [0.4, 0.5) is 11.4 Å². The maximum atomic E-state index is 12.5. The Hall–Kier alpha value is -2.23. The number of halogens is 3. The number of carboxylic acid groups (broad SMARTS) is 1. The molecule has 0 aliphatic carbocycles. The fraction of sp³-hybridized carbons (Fsp3) is 0.462. The molecule has 2 aromatic carbocycles. The molecule has 37 heavy (non-hydrogen) atoms. The summed E-state index contributed by atoms with van der Waals surface area (Å²) in [4.78, 5) is 27.5. The van der Waals surface area contributed by atoms with Crippen molar-refractivity contribution in [1.82, 2.24) is 0 Å². The molecular weight excluding hydrogens is 539 g/mol. The standard InChI is InChI=1S/C26H35Cl3N4O4/c27-9-12-32(13-10-28)21-5-3-20(4-6-21)18-24(31)26(36)37-16-15-33(14-11-29)22-7-1-19(2-8-22)17-23(30)25(34)35/h1-8,23-24H,9-18,30-31H2,(H,34,35)/t23-,24-/m0/s1. The first kappa shape index (κ1) is 31.0.